The number of carboxylic acids is 1. The van der Waals surface area contributed by atoms with Gasteiger partial charge in [0.05, 0.1) is 6.54 Å². The van der Waals surface area contributed by atoms with Gasteiger partial charge < -0.3 is 14.6 Å². The fraction of sp³-hybridized carbons (Fsp3) is 0.625. The predicted octanol–water partition coefficient (Wildman–Crippen LogP) is 1.88. The van der Waals surface area contributed by atoms with Gasteiger partial charge in [0.25, 0.3) is 0 Å². The Labute approximate surface area is 140 Å². The van der Waals surface area contributed by atoms with Crippen LogP contribution < -0.4 is 4.74 Å². The first-order valence-electron chi connectivity index (χ1n) is 7.89. The summed E-state index contributed by atoms with van der Waals surface area (Å²) in [6.45, 7) is 7.30. The Balaban J connectivity index is 2.08. The van der Waals surface area contributed by atoms with Gasteiger partial charge in [0.1, 0.15) is 24.1 Å². The molecule has 0 aromatic carbocycles. The Morgan fingerprint density at radius 1 is 1.38 bits per heavy atom. The summed E-state index contributed by atoms with van der Waals surface area (Å²) in [6, 6.07) is 0.740. The first-order valence-corrected chi connectivity index (χ1v) is 7.89. The molecule has 132 valence electrons. The first-order chi connectivity index (χ1) is 11.2. The summed E-state index contributed by atoms with van der Waals surface area (Å²) in [5.74, 6) is -0.703. The number of likely N-dealkylation sites (tertiary alicyclic amines) is 1. The Kier molecular flexibility index (Phi) is 5.26. The fourth-order valence-electron chi connectivity index (χ4n) is 2.44. The van der Waals surface area contributed by atoms with Crippen LogP contribution in [0.15, 0.2) is 12.4 Å². The van der Waals surface area contributed by atoms with Crippen LogP contribution >= 0.6 is 0 Å². The molecule has 2 rings (SSSR count). The Bertz CT molecular complexity index is 614. The van der Waals surface area contributed by atoms with Crippen molar-refractivity contribution in [1.82, 2.24) is 14.9 Å². The number of aryl methyl sites for hydroxylation is 1. The average molecular weight is 337 g/mol. The highest BCUT2D eigenvalue weighted by atomic mass is 16.6. The number of carbonyl (C=O) groups is 2. The quantitative estimate of drug-likeness (QED) is 0.895. The number of hydrogen-bond donors (Lipinski definition) is 1. The zero-order chi connectivity index (χ0) is 17.9. The second kappa shape index (κ2) is 7.02. The Morgan fingerprint density at radius 3 is 2.67 bits per heavy atom. The molecule has 1 aromatic heterocycles. The average Bonchev–Trinajstić information content (AvgIpc) is 2.90. The van der Waals surface area contributed by atoms with Gasteiger partial charge in [-0.2, -0.15) is 0 Å². The van der Waals surface area contributed by atoms with Crippen molar-refractivity contribution in [2.75, 3.05) is 6.54 Å². The van der Waals surface area contributed by atoms with Crippen LogP contribution in [0.4, 0.5) is 4.79 Å². The van der Waals surface area contributed by atoms with Gasteiger partial charge in [0.15, 0.2) is 0 Å². The molecule has 1 N–H and O–H groups in total. The van der Waals surface area contributed by atoms with Crippen molar-refractivity contribution in [1.29, 1.82) is 0 Å². The zero-order valence-corrected chi connectivity index (χ0v) is 14.4. The number of hydrogen-bond acceptors (Lipinski definition) is 6. The van der Waals surface area contributed by atoms with Gasteiger partial charge in [-0.1, -0.05) is 6.92 Å². The molecule has 0 radical (unpaired) electrons. The largest absolute Gasteiger partial charge is 0.480 e. The summed E-state index contributed by atoms with van der Waals surface area (Å²) in [5.41, 5.74) is 0.138. The van der Waals surface area contributed by atoms with E-state index in [4.69, 9.17) is 9.47 Å². The molecule has 8 nitrogen and oxygen atoms in total. The summed E-state index contributed by atoms with van der Waals surface area (Å²) in [4.78, 5) is 33.0. The fourth-order valence-corrected chi connectivity index (χ4v) is 2.44. The molecule has 0 aliphatic carbocycles. The maximum atomic E-state index is 12.2. The number of nitrogens with zero attached hydrogens (tertiary/aromatic N) is 3. The molecule has 1 saturated heterocycles. The SMILES string of the molecule is CCc1cc(O[C@H]2C[C@@H](C(=O)O)N(C(=O)OC(C)(C)C)C2)ncn1. The van der Waals surface area contributed by atoms with Crippen molar-refractivity contribution < 1.29 is 24.2 Å². The second-order valence-corrected chi connectivity index (χ2v) is 6.66. The molecule has 1 aromatic rings. The van der Waals surface area contributed by atoms with E-state index in [1.807, 2.05) is 6.92 Å². The Hall–Kier alpha value is -2.38. The molecular formula is C16H23N3O5. The van der Waals surface area contributed by atoms with Gasteiger partial charge in [-0.25, -0.2) is 19.6 Å². The van der Waals surface area contributed by atoms with Crippen LogP contribution in [-0.2, 0) is 16.0 Å². The van der Waals surface area contributed by atoms with Gasteiger partial charge in [-0.05, 0) is 27.2 Å². The molecule has 1 aliphatic heterocycles. The molecule has 0 unspecified atom stereocenters. The molecule has 1 aliphatic rings. The minimum Gasteiger partial charge on any atom is -0.480 e. The van der Waals surface area contributed by atoms with Gasteiger partial charge in [-0.15, -0.1) is 0 Å². The van der Waals surface area contributed by atoms with E-state index in [2.05, 4.69) is 9.97 Å². The van der Waals surface area contributed by atoms with Crippen molar-refractivity contribution in [3.8, 4) is 5.88 Å². The Morgan fingerprint density at radius 2 is 2.08 bits per heavy atom. The number of rotatable bonds is 4. The summed E-state index contributed by atoms with van der Waals surface area (Å²) < 4.78 is 11.0. The summed E-state index contributed by atoms with van der Waals surface area (Å²) in [5, 5.41) is 9.37. The highest BCUT2D eigenvalue weighted by Gasteiger charge is 2.42. The van der Waals surface area contributed by atoms with E-state index in [0.717, 1.165) is 12.1 Å². The lowest BCUT2D eigenvalue weighted by atomic mass is 10.2. The second-order valence-electron chi connectivity index (χ2n) is 6.66. The first kappa shape index (κ1) is 18.0. The van der Waals surface area contributed by atoms with E-state index in [1.165, 1.54) is 11.2 Å². The van der Waals surface area contributed by atoms with Crippen LogP contribution in [0.1, 0.15) is 39.8 Å². The number of carbonyl (C=O) groups excluding carboxylic acids is 1. The highest BCUT2D eigenvalue weighted by Crippen LogP contribution is 2.24. The van der Waals surface area contributed by atoms with Crippen LogP contribution in [0.3, 0.4) is 0 Å². The van der Waals surface area contributed by atoms with Crippen molar-refractivity contribution in [3.63, 3.8) is 0 Å². The lowest BCUT2D eigenvalue weighted by Crippen LogP contribution is -2.43. The molecule has 0 spiro atoms. The summed E-state index contributed by atoms with van der Waals surface area (Å²) in [6.07, 6.45) is 1.21. The topological polar surface area (TPSA) is 102 Å². The number of ether oxygens (including phenoxy) is 2. The van der Waals surface area contributed by atoms with Crippen LogP contribution in [0, 0.1) is 0 Å². The molecule has 1 amide bonds. The van der Waals surface area contributed by atoms with Gasteiger partial charge in [0, 0.05) is 18.2 Å². The predicted molar refractivity (Wildman–Crippen MR) is 84.8 cm³/mol. The van der Waals surface area contributed by atoms with Crippen molar-refractivity contribution >= 4 is 12.1 Å². The van der Waals surface area contributed by atoms with E-state index < -0.39 is 29.8 Å². The van der Waals surface area contributed by atoms with Crippen molar-refractivity contribution in [2.45, 2.75) is 58.3 Å². The molecule has 24 heavy (non-hydrogen) atoms. The normalized spacial score (nSPS) is 20.8. The minimum absolute atomic E-state index is 0.136. The molecular weight excluding hydrogens is 314 g/mol. The summed E-state index contributed by atoms with van der Waals surface area (Å²) in [7, 11) is 0. The molecule has 1 fully saturated rings. The monoisotopic (exact) mass is 337 g/mol. The lowest BCUT2D eigenvalue weighted by molar-refractivity contribution is -0.142. The lowest BCUT2D eigenvalue weighted by Gasteiger charge is -2.26. The third-order valence-corrected chi connectivity index (χ3v) is 3.52. The third-order valence-electron chi connectivity index (χ3n) is 3.52. The smallest absolute Gasteiger partial charge is 0.411 e. The molecule has 0 saturated carbocycles. The van der Waals surface area contributed by atoms with E-state index in [-0.39, 0.29) is 13.0 Å². The molecule has 0 bridgehead atoms. The van der Waals surface area contributed by atoms with Crippen LogP contribution in [-0.4, -0.2) is 56.3 Å². The maximum Gasteiger partial charge on any atom is 0.411 e. The minimum atomic E-state index is -1.08. The van der Waals surface area contributed by atoms with Crippen molar-refractivity contribution in [2.24, 2.45) is 0 Å². The van der Waals surface area contributed by atoms with Gasteiger partial charge >= 0.3 is 12.1 Å². The van der Waals surface area contributed by atoms with Crippen LogP contribution in [0.5, 0.6) is 5.88 Å². The number of carboxylic acid groups (broad SMARTS) is 1. The number of amides is 1. The van der Waals surface area contributed by atoms with Gasteiger partial charge in [-0.3, -0.25) is 4.90 Å². The van der Waals surface area contributed by atoms with E-state index in [0.29, 0.717) is 5.88 Å². The highest BCUT2D eigenvalue weighted by molar-refractivity contribution is 5.81. The van der Waals surface area contributed by atoms with E-state index in [9.17, 15) is 14.7 Å². The van der Waals surface area contributed by atoms with Crippen molar-refractivity contribution in [3.05, 3.63) is 18.1 Å². The summed E-state index contributed by atoms with van der Waals surface area (Å²) >= 11 is 0. The van der Waals surface area contributed by atoms with E-state index >= 15 is 0 Å². The number of aliphatic carboxylic acids is 1. The van der Waals surface area contributed by atoms with E-state index in [1.54, 1.807) is 26.8 Å². The molecule has 2 atom stereocenters. The maximum absolute atomic E-state index is 12.2. The zero-order valence-electron chi connectivity index (χ0n) is 14.4. The molecule has 2 heterocycles. The molecule has 8 heteroatoms. The third kappa shape index (κ3) is 4.56. The van der Waals surface area contributed by atoms with Crippen LogP contribution in [0.25, 0.3) is 0 Å². The van der Waals surface area contributed by atoms with Crippen LogP contribution in [0.2, 0.25) is 0 Å². The number of aromatic nitrogens is 2. The standard InChI is InChI=1S/C16H23N3O5/c1-5-10-6-13(18-9-17-10)23-11-7-12(14(20)21)19(8-11)15(22)24-16(2,3)4/h6,9,11-12H,5,7-8H2,1-4H3,(H,20,21)/t11-,12-/m0/s1. The van der Waals surface area contributed by atoms with Gasteiger partial charge in [0.2, 0.25) is 5.88 Å².